The van der Waals surface area contributed by atoms with Crippen LogP contribution in [0.1, 0.15) is 222 Å². The quantitative estimate of drug-likeness (QED) is 0.0499. The number of hydrogen-bond acceptors (Lipinski definition) is 2. The summed E-state index contributed by atoms with van der Waals surface area (Å²) in [5.41, 5.74) is 2.50. The highest BCUT2D eigenvalue weighted by molar-refractivity contribution is 5.69. The molecule has 0 aromatic heterocycles. The molecule has 0 aromatic rings. The zero-order chi connectivity index (χ0) is 39.5. The van der Waals surface area contributed by atoms with Crippen molar-refractivity contribution in [3.8, 4) is 0 Å². The Labute approximate surface area is 342 Å². The summed E-state index contributed by atoms with van der Waals surface area (Å²) in [4.78, 5) is 12.9. The Balaban J connectivity index is 1.05. The zero-order valence-electron chi connectivity index (χ0n) is 37.6. The molecule has 2 nitrogen and oxygen atoms in total. The Morgan fingerprint density at radius 3 is 2.04 bits per heavy atom. The Kier molecular flexibility index (Phi) is 20.4. The maximum absolute atomic E-state index is 12.9. The van der Waals surface area contributed by atoms with Crippen molar-refractivity contribution in [1.82, 2.24) is 0 Å². The second-order valence-corrected chi connectivity index (χ2v) is 20.1. The highest BCUT2D eigenvalue weighted by atomic mass is 16.5. The van der Waals surface area contributed by atoms with Gasteiger partial charge in [-0.15, -0.1) is 0 Å². The van der Waals surface area contributed by atoms with Crippen LogP contribution in [-0.4, -0.2) is 12.1 Å². The summed E-state index contributed by atoms with van der Waals surface area (Å²) < 4.78 is 6.16. The second kappa shape index (κ2) is 24.4. The van der Waals surface area contributed by atoms with Crippen LogP contribution in [0.25, 0.3) is 0 Å². The van der Waals surface area contributed by atoms with Gasteiger partial charge < -0.3 is 4.74 Å². The molecule has 0 spiro atoms. The van der Waals surface area contributed by atoms with Crippen LogP contribution < -0.4 is 0 Å². The molecule has 4 rings (SSSR count). The van der Waals surface area contributed by atoms with Gasteiger partial charge in [0.1, 0.15) is 6.10 Å². The van der Waals surface area contributed by atoms with E-state index in [1.807, 2.05) is 0 Å². The van der Waals surface area contributed by atoms with Gasteiger partial charge in [0.2, 0.25) is 0 Å². The molecule has 314 valence electrons. The van der Waals surface area contributed by atoms with E-state index >= 15 is 0 Å². The fourth-order valence-corrected chi connectivity index (χ4v) is 12.5. The molecule has 0 aliphatic heterocycles. The molecule has 0 bridgehead atoms. The smallest absolute Gasteiger partial charge is 0.306 e. The molecular formula is C53H90O2. The van der Waals surface area contributed by atoms with Crippen LogP contribution in [0.15, 0.2) is 48.1 Å². The van der Waals surface area contributed by atoms with E-state index in [2.05, 4.69) is 91.0 Å². The zero-order valence-corrected chi connectivity index (χ0v) is 37.6. The first-order chi connectivity index (χ1) is 26.6. The van der Waals surface area contributed by atoms with E-state index < -0.39 is 0 Å². The maximum Gasteiger partial charge on any atom is 0.306 e. The minimum absolute atomic E-state index is 0.0549. The third kappa shape index (κ3) is 13.8. The number of carbonyl (C=O) groups is 1. The summed E-state index contributed by atoms with van der Waals surface area (Å²) in [6.07, 6.45) is 50.4. The average Bonchev–Trinajstić information content (AvgIpc) is 3.53. The molecule has 0 aromatic carbocycles. The molecule has 9 unspecified atom stereocenters. The molecule has 0 heterocycles. The van der Waals surface area contributed by atoms with Crippen LogP contribution in [0.3, 0.4) is 0 Å². The number of hydrogen-bond donors (Lipinski definition) is 0. The van der Waals surface area contributed by atoms with Gasteiger partial charge in [0, 0.05) is 12.8 Å². The topological polar surface area (TPSA) is 26.3 Å². The normalized spacial score (nSPS) is 30.5. The van der Waals surface area contributed by atoms with Gasteiger partial charge in [-0.1, -0.05) is 161 Å². The van der Waals surface area contributed by atoms with Gasteiger partial charge >= 0.3 is 5.97 Å². The summed E-state index contributed by atoms with van der Waals surface area (Å²) in [5.74, 6) is 6.13. The lowest BCUT2D eigenvalue weighted by molar-refractivity contribution is -0.151. The second-order valence-electron chi connectivity index (χ2n) is 20.1. The molecule has 2 heteroatoms. The Bertz CT molecular complexity index is 1200. The number of esters is 1. The third-order valence-electron chi connectivity index (χ3n) is 16.1. The summed E-state index contributed by atoms with van der Waals surface area (Å²) in [7, 11) is 0. The molecule has 4 aliphatic rings. The summed E-state index contributed by atoms with van der Waals surface area (Å²) in [5, 5.41) is 0. The Morgan fingerprint density at radius 1 is 0.745 bits per heavy atom. The van der Waals surface area contributed by atoms with Crippen LogP contribution in [0.4, 0.5) is 0 Å². The molecule has 0 radical (unpaired) electrons. The number of rotatable bonds is 26. The van der Waals surface area contributed by atoms with E-state index in [-0.39, 0.29) is 12.1 Å². The minimum atomic E-state index is 0.0549. The summed E-state index contributed by atoms with van der Waals surface area (Å²) >= 11 is 0. The maximum atomic E-state index is 12.9. The lowest BCUT2D eigenvalue weighted by atomic mass is 9.47. The van der Waals surface area contributed by atoms with Crippen molar-refractivity contribution < 1.29 is 9.53 Å². The molecular weight excluding hydrogens is 669 g/mol. The number of carbonyl (C=O) groups excluding carboxylic acids is 1. The largest absolute Gasteiger partial charge is 0.462 e. The molecule has 3 saturated carbocycles. The lowest BCUT2D eigenvalue weighted by Gasteiger charge is -2.58. The number of ether oxygens (including phenoxy) is 1. The minimum Gasteiger partial charge on any atom is -0.462 e. The van der Waals surface area contributed by atoms with Gasteiger partial charge in [0.05, 0.1) is 0 Å². The highest BCUT2D eigenvalue weighted by Gasteiger charge is 2.59. The molecule has 0 saturated heterocycles. The van der Waals surface area contributed by atoms with Gasteiger partial charge in [-0.05, 0) is 149 Å². The molecule has 3 fully saturated rings. The first-order valence-corrected chi connectivity index (χ1v) is 24.5. The molecule has 9 atom stereocenters. The monoisotopic (exact) mass is 759 g/mol. The van der Waals surface area contributed by atoms with Crippen LogP contribution in [0.5, 0.6) is 0 Å². The van der Waals surface area contributed by atoms with E-state index in [9.17, 15) is 4.79 Å². The first-order valence-electron chi connectivity index (χ1n) is 24.5. The van der Waals surface area contributed by atoms with Gasteiger partial charge in [0.25, 0.3) is 0 Å². The van der Waals surface area contributed by atoms with Crippen LogP contribution in [0.2, 0.25) is 0 Å². The van der Waals surface area contributed by atoms with Crippen LogP contribution >= 0.6 is 0 Å². The van der Waals surface area contributed by atoms with Crippen molar-refractivity contribution >= 4 is 5.97 Å². The summed E-state index contributed by atoms with van der Waals surface area (Å²) in [6, 6.07) is 0. The highest BCUT2D eigenvalue weighted by Crippen LogP contribution is 2.67. The predicted molar refractivity (Wildman–Crippen MR) is 239 cm³/mol. The lowest BCUT2D eigenvalue weighted by Crippen LogP contribution is -2.51. The van der Waals surface area contributed by atoms with Gasteiger partial charge in [-0.2, -0.15) is 0 Å². The Hall–Kier alpha value is -1.57. The summed E-state index contributed by atoms with van der Waals surface area (Å²) in [6.45, 7) is 17.4. The van der Waals surface area contributed by atoms with E-state index in [0.29, 0.717) is 17.3 Å². The number of unbranched alkanes of at least 4 members (excludes halogenated alkanes) is 11. The van der Waals surface area contributed by atoms with Crippen molar-refractivity contribution in [3.63, 3.8) is 0 Å². The van der Waals surface area contributed by atoms with Crippen molar-refractivity contribution in [2.75, 3.05) is 0 Å². The van der Waals surface area contributed by atoms with Crippen molar-refractivity contribution in [3.05, 3.63) is 48.1 Å². The predicted octanol–water partition coefficient (Wildman–Crippen LogP) is 16.5. The van der Waals surface area contributed by atoms with E-state index in [1.54, 1.807) is 5.57 Å². The van der Waals surface area contributed by atoms with E-state index in [0.717, 1.165) is 80.0 Å². The van der Waals surface area contributed by atoms with Gasteiger partial charge in [-0.25, -0.2) is 0 Å². The van der Waals surface area contributed by atoms with E-state index in [4.69, 9.17) is 4.74 Å². The standard InChI is InChI=1S/C53H90O2/c1-8-10-11-12-13-14-15-16-17-18-19-20-21-22-23-24-25-26-27-28-29-30-51(54)55-46-37-39-52(6)45(41-46)33-34-47-49-36-35-48(53(49,7)40-38-50(47)52)43(5)31-32-44(9-2)42(3)4/h13-14,16-17,19-20,33,42-44,46-50H,8-12,15,18,21-32,34-41H2,1-7H3/b14-13-,17-16-,20-19-. The fraction of sp³-hybridized carbons (Fsp3) is 0.830. The third-order valence-corrected chi connectivity index (χ3v) is 16.1. The molecule has 4 aliphatic carbocycles. The van der Waals surface area contributed by atoms with Crippen molar-refractivity contribution in [1.29, 1.82) is 0 Å². The molecule has 0 amide bonds. The Morgan fingerprint density at radius 2 is 1.38 bits per heavy atom. The average molecular weight is 759 g/mol. The van der Waals surface area contributed by atoms with Gasteiger partial charge in [0.15, 0.2) is 0 Å². The number of fused-ring (bicyclic) bond motifs is 5. The van der Waals surface area contributed by atoms with Gasteiger partial charge in [-0.3, -0.25) is 4.79 Å². The number of allylic oxidation sites excluding steroid dienone is 7. The van der Waals surface area contributed by atoms with Crippen LogP contribution in [0, 0.1) is 52.3 Å². The molecule has 0 N–H and O–H groups in total. The van der Waals surface area contributed by atoms with Crippen LogP contribution in [-0.2, 0) is 9.53 Å². The first kappa shape index (κ1) is 46.1. The van der Waals surface area contributed by atoms with Crippen molar-refractivity contribution in [2.45, 2.75) is 228 Å². The van der Waals surface area contributed by atoms with E-state index in [1.165, 1.54) is 128 Å². The van der Waals surface area contributed by atoms with Crippen molar-refractivity contribution in [2.24, 2.45) is 52.3 Å². The SMILES string of the molecule is CCCCC/C=C\C/C=C\C/C=C\CCCCCCCCCCC(=O)OC1CCC2(C)C(=CCC3C2CCC2(C)C(C(C)CCC(CC)C(C)C)CCC32)C1. The fourth-order valence-electron chi connectivity index (χ4n) is 12.5. The molecule has 55 heavy (non-hydrogen) atoms.